The van der Waals surface area contributed by atoms with E-state index in [4.69, 9.17) is 0 Å². The van der Waals surface area contributed by atoms with Crippen LogP contribution in [0.5, 0.6) is 0 Å². The number of nitrogens with zero attached hydrogens (tertiary/aromatic N) is 1. The molecule has 1 unspecified atom stereocenters. The molecule has 0 aliphatic carbocycles. The van der Waals surface area contributed by atoms with Gasteiger partial charge in [0.05, 0.1) is 11.1 Å². The van der Waals surface area contributed by atoms with Crippen molar-refractivity contribution in [2.45, 2.75) is 52.4 Å². The predicted molar refractivity (Wildman–Crippen MR) is 121 cm³/mol. The molecule has 2 nitrogen and oxygen atoms in total. The van der Waals surface area contributed by atoms with Crippen molar-refractivity contribution >= 4 is 17.3 Å². The Bertz CT molecular complexity index is 1090. The highest BCUT2D eigenvalue weighted by molar-refractivity contribution is 6.14. The lowest BCUT2D eigenvalue weighted by Crippen LogP contribution is -2.36. The number of anilines is 2. The molecule has 1 atom stereocenters. The third-order valence-corrected chi connectivity index (χ3v) is 6.15. The summed E-state index contributed by atoms with van der Waals surface area (Å²) in [6.45, 7) is 12.8. The SMILES string of the molecule is Cc1cccc(N2C(=O)C(C)(c3ccc(C(C)(C)C)cc3)c3ccc(C)cc32)c1. The number of carbonyl (C=O) groups excluding carboxylic acids is 1. The zero-order valence-electron chi connectivity index (χ0n) is 18.2. The summed E-state index contributed by atoms with van der Waals surface area (Å²) in [4.78, 5) is 15.8. The molecular formula is C27H29NO. The normalized spacial score (nSPS) is 18.8. The monoisotopic (exact) mass is 383 g/mol. The Hall–Kier alpha value is -2.87. The molecule has 0 fully saturated rings. The summed E-state index contributed by atoms with van der Waals surface area (Å²) in [5.74, 6) is 0.104. The summed E-state index contributed by atoms with van der Waals surface area (Å²) < 4.78 is 0. The van der Waals surface area contributed by atoms with Crippen LogP contribution in [-0.2, 0) is 15.6 Å². The zero-order valence-corrected chi connectivity index (χ0v) is 18.2. The minimum atomic E-state index is -0.705. The largest absolute Gasteiger partial charge is 0.280 e. The Balaban J connectivity index is 1.90. The zero-order chi connectivity index (χ0) is 21.0. The number of carbonyl (C=O) groups is 1. The Morgan fingerprint density at radius 2 is 1.48 bits per heavy atom. The van der Waals surface area contributed by atoms with Gasteiger partial charge in [0.1, 0.15) is 0 Å². The van der Waals surface area contributed by atoms with Crippen molar-refractivity contribution in [3.05, 3.63) is 94.5 Å². The molecule has 1 heterocycles. The number of hydrogen-bond acceptors (Lipinski definition) is 1. The Morgan fingerprint density at radius 1 is 0.828 bits per heavy atom. The van der Waals surface area contributed by atoms with Crippen molar-refractivity contribution in [3.63, 3.8) is 0 Å². The molecule has 2 heteroatoms. The first kappa shape index (κ1) is 19.4. The Kier molecular flexibility index (Phi) is 4.42. The van der Waals surface area contributed by atoms with Crippen molar-refractivity contribution in [3.8, 4) is 0 Å². The third kappa shape index (κ3) is 3.07. The highest BCUT2D eigenvalue weighted by Gasteiger charge is 2.49. The number of benzene rings is 3. The second-order valence-electron chi connectivity index (χ2n) is 9.45. The van der Waals surface area contributed by atoms with Gasteiger partial charge < -0.3 is 0 Å². The molecule has 4 rings (SSSR count). The van der Waals surface area contributed by atoms with Gasteiger partial charge >= 0.3 is 0 Å². The molecule has 0 radical (unpaired) electrons. The van der Waals surface area contributed by atoms with Crippen molar-refractivity contribution in [2.75, 3.05) is 4.90 Å². The topological polar surface area (TPSA) is 20.3 Å². The van der Waals surface area contributed by atoms with Gasteiger partial charge in [-0.2, -0.15) is 0 Å². The lowest BCUT2D eigenvalue weighted by Gasteiger charge is -2.27. The third-order valence-electron chi connectivity index (χ3n) is 6.15. The van der Waals surface area contributed by atoms with Crippen LogP contribution in [0, 0.1) is 13.8 Å². The Morgan fingerprint density at radius 3 is 2.10 bits per heavy atom. The highest BCUT2D eigenvalue weighted by atomic mass is 16.2. The number of fused-ring (bicyclic) bond motifs is 1. The van der Waals surface area contributed by atoms with E-state index in [0.29, 0.717) is 0 Å². The molecule has 1 aliphatic heterocycles. The van der Waals surface area contributed by atoms with Gasteiger partial charge in [0, 0.05) is 5.69 Å². The summed E-state index contributed by atoms with van der Waals surface area (Å²) in [7, 11) is 0. The quantitative estimate of drug-likeness (QED) is 0.489. The molecule has 0 aromatic heterocycles. The van der Waals surface area contributed by atoms with E-state index in [-0.39, 0.29) is 11.3 Å². The summed E-state index contributed by atoms with van der Waals surface area (Å²) in [5.41, 5.74) is 6.98. The molecule has 29 heavy (non-hydrogen) atoms. The van der Waals surface area contributed by atoms with Crippen molar-refractivity contribution in [1.29, 1.82) is 0 Å². The molecule has 1 aliphatic rings. The van der Waals surface area contributed by atoms with Gasteiger partial charge in [-0.1, -0.05) is 69.3 Å². The molecule has 0 bridgehead atoms. The standard InChI is InChI=1S/C27H29NO/c1-18-8-7-9-22(16-18)28-24-17-19(2)10-15-23(24)27(6,25(28)29)21-13-11-20(12-14-21)26(3,4)5/h7-17H,1-6H3. The smallest absolute Gasteiger partial charge is 0.246 e. The first-order valence-electron chi connectivity index (χ1n) is 10.3. The van der Waals surface area contributed by atoms with Gasteiger partial charge in [0.2, 0.25) is 5.91 Å². The van der Waals surface area contributed by atoms with E-state index in [1.54, 1.807) is 0 Å². The summed E-state index contributed by atoms with van der Waals surface area (Å²) in [5, 5.41) is 0. The molecule has 0 N–H and O–H groups in total. The fourth-order valence-electron chi connectivity index (χ4n) is 4.30. The van der Waals surface area contributed by atoms with E-state index in [9.17, 15) is 4.79 Å². The van der Waals surface area contributed by atoms with Crippen LogP contribution < -0.4 is 4.90 Å². The lowest BCUT2D eigenvalue weighted by molar-refractivity contribution is -0.120. The second-order valence-corrected chi connectivity index (χ2v) is 9.45. The first-order valence-corrected chi connectivity index (χ1v) is 10.3. The maximum absolute atomic E-state index is 13.9. The van der Waals surface area contributed by atoms with Crippen LogP contribution in [0.3, 0.4) is 0 Å². The van der Waals surface area contributed by atoms with E-state index in [0.717, 1.165) is 33.6 Å². The maximum Gasteiger partial charge on any atom is 0.246 e. The second kappa shape index (κ2) is 6.59. The molecule has 0 spiro atoms. The molecule has 3 aromatic carbocycles. The number of hydrogen-bond donors (Lipinski definition) is 0. The molecule has 0 saturated heterocycles. The van der Waals surface area contributed by atoms with Gasteiger partial charge in [0.25, 0.3) is 0 Å². The summed E-state index contributed by atoms with van der Waals surface area (Å²) in [6, 6.07) is 23.1. The number of rotatable bonds is 2. The minimum absolute atomic E-state index is 0.0851. The van der Waals surface area contributed by atoms with E-state index >= 15 is 0 Å². The predicted octanol–water partition coefficient (Wildman–Crippen LogP) is 6.59. The lowest BCUT2D eigenvalue weighted by atomic mass is 9.76. The van der Waals surface area contributed by atoms with Crippen molar-refractivity contribution in [1.82, 2.24) is 0 Å². The van der Waals surface area contributed by atoms with Crippen LogP contribution >= 0.6 is 0 Å². The highest BCUT2D eigenvalue weighted by Crippen LogP contribution is 2.49. The van der Waals surface area contributed by atoms with Crippen LogP contribution in [0.25, 0.3) is 0 Å². The van der Waals surface area contributed by atoms with E-state index < -0.39 is 5.41 Å². The molecule has 0 saturated carbocycles. The van der Waals surface area contributed by atoms with Crippen molar-refractivity contribution in [2.24, 2.45) is 0 Å². The van der Waals surface area contributed by atoms with Crippen LogP contribution in [0.4, 0.5) is 11.4 Å². The fraction of sp³-hybridized carbons (Fsp3) is 0.296. The van der Waals surface area contributed by atoms with Crippen molar-refractivity contribution < 1.29 is 4.79 Å². The molecule has 3 aromatic rings. The van der Waals surface area contributed by atoms with Crippen LogP contribution in [0.2, 0.25) is 0 Å². The first-order chi connectivity index (χ1) is 13.6. The number of amides is 1. The fourth-order valence-corrected chi connectivity index (χ4v) is 4.30. The summed E-state index contributed by atoms with van der Waals surface area (Å²) in [6.07, 6.45) is 0. The molecule has 148 valence electrons. The van der Waals surface area contributed by atoms with E-state index in [1.165, 1.54) is 5.56 Å². The Labute approximate surface area is 174 Å². The van der Waals surface area contributed by atoms with Gasteiger partial charge in [0.15, 0.2) is 0 Å². The van der Waals surface area contributed by atoms with Gasteiger partial charge in [-0.25, -0.2) is 0 Å². The van der Waals surface area contributed by atoms with E-state index in [2.05, 4.69) is 96.1 Å². The van der Waals surface area contributed by atoms with Crippen LogP contribution in [0.1, 0.15) is 55.5 Å². The minimum Gasteiger partial charge on any atom is -0.280 e. The average molecular weight is 384 g/mol. The van der Waals surface area contributed by atoms with Gasteiger partial charge in [-0.15, -0.1) is 0 Å². The maximum atomic E-state index is 13.9. The number of aryl methyl sites for hydroxylation is 2. The van der Waals surface area contributed by atoms with Gasteiger partial charge in [-0.3, -0.25) is 9.69 Å². The summed E-state index contributed by atoms with van der Waals surface area (Å²) >= 11 is 0. The van der Waals surface area contributed by atoms with Crippen LogP contribution in [-0.4, -0.2) is 5.91 Å². The molecule has 1 amide bonds. The van der Waals surface area contributed by atoms with Crippen LogP contribution in [0.15, 0.2) is 66.7 Å². The average Bonchev–Trinajstić information content (AvgIpc) is 2.89. The molecular weight excluding hydrogens is 354 g/mol. The van der Waals surface area contributed by atoms with E-state index in [1.807, 2.05) is 17.0 Å². The van der Waals surface area contributed by atoms with Gasteiger partial charge in [-0.05, 0) is 72.2 Å².